The van der Waals surface area contributed by atoms with Crippen LogP contribution in [-0.4, -0.2) is 43.6 Å². The molecule has 1 heterocycles. The Kier molecular flexibility index (Phi) is 7.69. The fraction of sp³-hybridized carbons (Fsp3) is 0.588. The van der Waals surface area contributed by atoms with Crippen LogP contribution in [0.5, 0.6) is 5.75 Å². The van der Waals surface area contributed by atoms with Crippen molar-refractivity contribution < 1.29 is 9.53 Å². The fourth-order valence-electron chi connectivity index (χ4n) is 2.64. The van der Waals surface area contributed by atoms with Gasteiger partial charge in [0.15, 0.2) is 0 Å². The molecule has 4 nitrogen and oxygen atoms in total. The van der Waals surface area contributed by atoms with Crippen molar-refractivity contribution >= 4 is 18.3 Å². The number of carbonyl (C=O) groups is 1. The third-order valence-corrected chi connectivity index (χ3v) is 4.32. The van der Waals surface area contributed by atoms with Crippen molar-refractivity contribution in [2.24, 2.45) is 0 Å². The fourth-order valence-corrected chi connectivity index (χ4v) is 2.64. The molecule has 1 saturated heterocycles. The predicted molar refractivity (Wildman–Crippen MR) is 91.9 cm³/mol. The van der Waals surface area contributed by atoms with E-state index in [9.17, 15) is 4.79 Å². The minimum atomic E-state index is 0. The van der Waals surface area contributed by atoms with Crippen molar-refractivity contribution in [3.05, 3.63) is 29.3 Å². The first-order valence-corrected chi connectivity index (χ1v) is 7.75. The van der Waals surface area contributed by atoms with E-state index in [1.165, 1.54) is 11.1 Å². The van der Waals surface area contributed by atoms with Gasteiger partial charge in [0.25, 0.3) is 0 Å². The zero-order valence-electron chi connectivity index (χ0n) is 13.7. The van der Waals surface area contributed by atoms with Gasteiger partial charge >= 0.3 is 0 Å². The number of aryl methyl sites for hydroxylation is 2. The maximum Gasteiger partial charge on any atom is 0.225 e. The lowest BCUT2D eigenvalue weighted by Gasteiger charge is -2.31. The molecule has 0 atom stereocenters. The molecule has 1 fully saturated rings. The van der Waals surface area contributed by atoms with E-state index in [2.05, 4.69) is 25.2 Å². The second-order valence-corrected chi connectivity index (χ2v) is 5.79. The Morgan fingerprint density at radius 1 is 1.27 bits per heavy atom. The van der Waals surface area contributed by atoms with Gasteiger partial charge in [-0.15, -0.1) is 12.4 Å². The van der Waals surface area contributed by atoms with Crippen molar-refractivity contribution in [1.82, 2.24) is 10.2 Å². The number of ether oxygens (including phenoxy) is 1. The average molecular weight is 327 g/mol. The van der Waals surface area contributed by atoms with Gasteiger partial charge in [-0.05, 0) is 57.0 Å². The average Bonchev–Trinajstić information content (AvgIpc) is 2.51. The van der Waals surface area contributed by atoms with Crippen LogP contribution in [0.4, 0.5) is 0 Å². The summed E-state index contributed by atoms with van der Waals surface area (Å²) in [5.74, 6) is 1.05. The Bertz CT molecular complexity index is 486. The highest BCUT2D eigenvalue weighted by Gasteiger charge is 2.21. The molecule has 0 saturated carbocycles. The summed E-state index contributed by atoms with van der Waals surface area (Å²) in [7, 11) is 1.99. The van der Waals surface area contributed by atoms with Crippen molar-refractivity contribution in [3.63, 3.8) is 0 Å². The van der Waals surface area contributed by atoms with Gasteiger partial charge in [-0.3, -0.25) is 4.79 Å². The van der Waals surface area contributed by atoms with Gasteiger partial charge in [0.05, 0.1) is 13.0 Å². The predicted octanol–water partition coefficient (Wildman–Crippen LogP) is 2.70. The Morgan fingerprint density at radius 2 is 1.95 bits per heavy atom. The summed E-state index contributed by atoms with van der Waals surface area (Å²) in [6, 6.07) is 6.60. The van der Waals surface area contributed by atoms with Crippen LogP contribution in [0.15, 0.2) is 18.2 Å². The van der Waals surface area contributed by atoms with Crippen LogP contribution in [0, 0.1) is 13.8 Å². The highest BCUT2D eigenvalue weighted by Crippen LogP contribution is 2.17. The molecule has 1 N–H and O–H groups in total. The third-order valence-electron chi connectivity index (χ3n) is 4.32. The molecule has 0 radical (unpaired) electrons. The van der Waals surface area contributed by atoms with E-state index in [0.29, 0.717) is 19.1 Å². The summed E-state index contributed by atoms with van der Waals surface area (Å²) in [6.07, 6.45) is 2.54. The van der Waals surface area contributed by atoms with Gasteiger partial charge in [-0.2, -0.15) is 0 Å². The van der Waals surface area contributed by atoms with Gasteiger partial charge in [-0.25, -0.2) is 0 Å². The first kappa shape index (κ1) is 18.8. The summed E-state index contributed by atoms with van der Waals surface area (Å²) in [4.78, 5) is 14.1. The number of likely N-dealkylation sites (tertiary alicyclic amines) is 1. The second kappa shape index (κ2) is 9.01. The number of hydrogen-bond acceptors (Lipinski definition) is 3. The first-order chi connectivity index (χ1) is 10.1. The van der Waals surface area contributed by atoms with Crippen molar-refractivity contribution in [2.45, 2.75) is 39.2 Å². The van der Waals surface area contributed by atoms with Crippen LogP contribution in [0.3, 0.4) is 0 Å². The maximum atomic E-state index is 12.1. The Morgan fingerprint density at radius 3 is 2.55 bits per heavy atom. The summed E-state index contributed by atoms with van der Waals surface area (Å²) >= 11 is 0. The Labute approximate surface area is 139 Å². The van der Waals surface area contributed by atoms with E-state index < -0.39 is 0 Å². The van der Waals surface area contributed by atoms with E-state index >= 15 is 0 Å². The standard InChI is InChI=1S/C17H26N2O2.ClH/c1-13-4-5-16(12-14(13)2)21-11-8-17(20)19-9-6-15(18-3)7-10-19;/h4-5,12,15,18H,6-11H2,1-3H3;1H. The molecule has 2 rings (SSSR count). The molecule has 0 aromatic heterocycles. The maximum absolute atomic E-state index is 12.1. The molecule has 0 aliphatic carbocycles. The van der Waals surface area contributed by atoms with Crippen LogP contribution < -0.4 is 10.1 Å². The van der Waals surface area contributed by atoms with Crippen molar-refractivity contribution in [2.75, 3.05) is 26.7 Å². The molecule has 124 valence electrons. The Balaban J connectivity index is 0.00000242. The molecular formula is C17H27ClN2O2. The van der Waals surface area contributed by atoms with Crippen molar-refractivity contribution in [1.29, 1.82) is 0 Å². The highest BCUT2D eigenvalue weighted by atomic mass is 35.5. The minimum Gasteiger partial charge on any atom is -0.493 e. The lowest BCUT2D eigenvalue weighted by Crippen LogP contribution is -2.44. The van der Waals surface area contributed by atoms with E-state index in [4.69, 9.17) is 4.74 Å². The minimum absolute atomic E-state index is 0. The summed E-state index contributed by atoms with van der Waals surface area (Å²) in [6.45, 7) is 6.31. The largest absolute Gasteiger partial charge is 0.493 e. The number of nitrogens with zero attached hydrogens (tertiary/aromatic N) is 1. The molecule has 22 heavy (non-hydrogen) atoms. The van der Waals surface area contributed by atoms with E-state index in [1.807, 2.05) is 24.1 Å². The monoisotopic (exact) mass is 326 g/mol. The highest BCUT2D eigenvalue weighted by molar-refractivity contribution is 5.85. The number of rotatable bonds is 5. The topological polar surface area (TPSA) is 41.6 Å². The number of hydrogen-bond donors (Lipinski definition) is 1. The molecule has 1 aromatic carbocycles. The van der Waals surface area contributed by atoms with Crippen LogP contribution >= 0.6 is 12.4 Å². The van der Waals surface area contributed by atoms with Gasteiger partial charge in [-0.1, -0.05) is 6.07 Å². The zero-order chi connectivity index (χ0) is 15.2. The van der Waals surface area contributed by atoms with E-state index in [-0.39, 0.29) is 18.3 Å². The molecule has 1 amide bonds. The summed E-state index contributed by atoms with van der Waals surface area (Å²) in [5.41, 5.74) is 2.47. The summed E-state index contributed by atoms with van der Waals surface area (Å²) in [5, 5.41) is 3.28. The molecule has 0 bridgehead atoms. The smallest absolute Gasteiger partial charge is 0.225 e. The molecular weight excluding hydrogens is 300 g/mol. The van der Waals surface area contributed by atoms with Crippen molar-refractivity contribution in [3.8, 4) is 5.75 Å². The number of carbonyl (C=O) groups excluding carboxylic acids is 1. The van der Waals surface area contributed by atoms with Gasteiger partial charge in [0, 0.05) is 19.1 Å². The molecule has 1 aliphatic heterocycles. The molecule has 0 spiro atoms. The number of piperidine rings is 1. The zero-order valence-corrected chi connectivity index (χ0v) is 14.5. The molecule has 1 aromatic rings. The number of nitrogens with one attached hydrogen (secondary N) is 1. The van der Waals surface area contributed by atoms with Crippen LogP contribution in [0.1, 0.15) is 30.4 Å². The number of amides is 1. The summed E-state index contributed by atoms with van der Waals surface area (Å²) < 4.78 is 5.69. The van der Waals surface area contributed by atoms with Gasteiger partial charge < -0.3 is 15.0 Å². The van der Waals surface area contributed by atoms with Gasteiger partial charge in [0.1, 0.15) is 5.75 Å². The lowest BCUT2D eigenvalue weighted by atomic mass is 10.1. The third kappa shape index (κ3) is 5.18. The lowest BCUT2D eigenvalue weighted by molar-refractivity contribution is -0.132. The van der Waals surface area contributed by atoms with E-state index in [1.54, 1.807) is 0 Å². The molecule has 1 aliphatic rings. The molecule has 5 heteroatoms. The normalized spacial score (nSPS) is 15.3. The van der Waals surface area contributed by atoms with Crippen LogP contribution in [0.2, 0.25) is 0 Å². The second-order valence-electron chi connectivity index (χ2n) is 5.79. The SMILES string of the molecule is CNC1CCN(C(=O)CCOc2ccc(C)c(C)c2)CC1.Cl. The Hall–Kier alpha value is -1.26. The molecule has 0 unspecified atom stereocenters. The number of benzene rings is 1. The quantitative estimate of drug-likeness (QED) is 0.904. The van der Waals surface area contributed by atoms with Crippen LogP contribution in [-0.2, 0) is 4.79 Å². The van der Waals surface area contributed by atoms with Crippen LogP contribution in [0.25, 0.3) is 0 Å². The van der Waals surface area contributed by atoms with E-state index in [0.717, 1.165) is 31.7 Å². The first-order valence-electron chi connectivity index (χ1n) is 7.75. The number of halogens is 1. The van der Waals surface area contributed by atoms with Gasteiger partial charge in [0.2, 0.25) is 5.91 Å².